The second kappa shape index (κ2) is 10.7. The fourth-order valence-electron chi connectivity index (χ4n) is 4.71. The normalized spacial score (nSPS) is 16.2. The summed E-state index contributed by atoms with van der Waals surface area (Å²) >= 11 is 0. The van der Waals surface area contributed by atoms with Crippen molar-refractivity contribution >= 4 is 23.2 Å². The van der Waals surface area contributed by atoms with E-state index in [1.807, 2.05) is 54.6 Å². The zero-order chi connectivity index (χ0) is 24.9. The molecule has 8 nitrogen and oxygen atoms in total. The highest BCUT2D eigenvalue weighted by Gasteiger charge is 2.33. The van der Waals surface area contributed by atoms with Crippen LogP contribution in [-0.4, -0.2) is 43.7 Å². The molecule has 0 spiro atoms. The molecule has 0 aromatic heterocycles. The number of nitrogens with zero attached hydrogens (tertiary/aromatic N) is 1. The summed E-state index contributed by atoms with van der Waals surface area (Å²) in [5, 5.41) is 6.04. The van der Waals surface area contributed by atoms with Crippen LogP contribution in [0.15, 0.2) is 72.8 Å². The summed E-state index contributed by atoms with van der Waals surface area (Å²) < 4.78 is 16.0. The van der Waals surface area contributed by atoms with E-state index in [4.69, 9.17) is 14.2 Å². The highest BCUT2D eigenvalue weighted by atomic mass is 16.7. The van der Waals surface area contributed by atoms with Crippen molar-refractivity contribution in [3.05, 3.63) is 78.4 Å². The van der Waals surface area contributed by atoms with E-state index < -0.39 is 6.04 Å². The molecule has 2 heterocycles. The SMILES string of the molecule is COc1cccc(NC(=O)C(c2ccccc2)N2CCC(C(=O)Nc3ccc4c(c3)OCO4)CC2)c1. The predicted octanol–water partition coefficient (Wildman–Crippen LogP) is 4.45. The van der Waals surface area contributed by atoms with E-state index >= 15 is 0 Å². The number of nitrogens with one attached hydrogen (secondary N) is 2. The van der Waals surface area contributed by atoms with Crippen LogP contribution in [0, 0.1) is 5.92 Å². The molecule has 0 aliphatic carbocycles. The van der Waals surface area contributed by atoms with Crippen LogP contribution in [0.4, 0.5) is 11.4 Å². The molecule has 1 unspecified atom stereocenters. The zero-order valence-corrected chi connectivity index (χ0v) is 20.1. The summed E-state index contributed by atoms with van der Waals surface area (Å²) in [6.45, 7) is 1.45. The molecule has 36 heavy (non-hydrogen) atoms. The standard InChI is InChI=1S/C28H29N3O5/c1-34-23-9-5-8-21(16-23)30-28(33)26(19-6-3-2-4-7-19)31-14-12-20(13-15-31)27(32)29-22-10-11-24-25(17-22)36-18-35-24/h2-11,16-17,20,26H,12-15,18H2,1H3,(H,29,32)(H,30,33). The van der Waals surface area contributed by atoms with Gasteiger partial charge in [-0.05, 0) is 55.8 Å². The number of benzene rings is 3. The maximum absolute atomic E-state index is 13.5. The smallest absolute Gasteiger partial charge is 0.246 e. The summed E-state index contributed by atoms with van der Waals surface area (Å²) in [6, 6.07) is 22.0. The van der Waals surface area contributed by atoms with Crippen molar-refractivity contribution in [2.24, 2.45) is 5.92 Å². The lowest BCUT2D eigenvalue weighted by Crippen LogP contribution is -2.44. The van der Waals surface area contributed by atoms with Crippen LogP contribution >= 0.6 is 0 Å². The molecule has 3 aromatic carbocycles. The van der Waals surface area contributed by atoms with Gasteiger partial charge >= 0.3 is 0 Å². The first-order chi connectivity index (χ1) is 17.6. The molecule has 1 atom stereocenters. The van der Waals surface area contributed by atoms with E-state index in [1.54, 1.807) is 25.3 Å². The quantitative estimate of drug-likeness (QED) is 0.512. The molecule has 2 N–H and O–H groups in total. The number of hydrogen-bond acceptors (Lipinski definition) is 6. The number of ether oxygens (including phenoxy) is 3. The lowest BCUT2D eigenvalue weighted by atomic mass is 9.93. The Kier molecular flexibility index (Phi) is 7.04. The molecule has 0 saturated carbocycles. The van der Waals surface area contributed by atoms with Crippen LogP contribution in [0.5, 0.6) is 17.2 Å². The minimum Gasteiger partial charge on any atom is -0.497 e. The average Bonchev–Trinajstić information content (AvgIpc) is 3.38. The molecular weight excluding hydrogens is 458 g/mol. The minimum atomic E-state index is -0.463. The lowest BCUT2D eigenvalue weighted by Gasteiger charge is -2.36. The number of methoxy groups -OCH3 is 1. The van der Waals surface area contributed by atoms with E-state index in [0.717, 1.165) is 5.56 Å². The van der Waals surface area contributed by atoms with Gasteiger partial charge < -0.3 is 24.8 Å². The maximum Gasteiger partial charge on any atom is 0.246 e. The van der Waals surface area contributed by atoms with Gasteiger partial charge in [0, 0.05) is 29.4 Å². The first-order valence-corrected chi connectivity index (χ1v) is 12.0. The number of amides is 2. The van der Waals surface area contributed by atoms with E-state index in [1.165, 1.54) is 0 Å². The number of hydrogen-bond donors (Lipinski definition) is 2. The van der Waals surface area contributed by atoms with Crippen molar-refractivity contribution in [2.45, 2.75) is 18.9 Å². The zero-order valence-electron chi connectivity index (χ0n) is 20.1. The Hall–Kier alpha value is -4.04. The van der Waals surface area contributed by atoms with Crippen molar-refractivity contribution in [3.63, 3.8) is 0 Å². The minimum absolute atomic E-state index is 0.0226. The molecule has 8 heteroatoms. The lowest BCUT2D eigenvalue weighted by molar-refractivity contribution is -0.123. The summed E-state index contributed by atoms with van der Waals surface area (Å²) in [5.74, 6) is 1.72. The Morgan fingerprint density at radius 2 is 1.64 bits per heavy atom. The van der Waals surface area contributed by atoms with Gasteiger partial charge in [0.05, 0.1) is 7.11 Å². The summed E-state index contributed by atoms with van der Waals surface area (Å²) in [5.41, 5.74) is 2.28. The maximum atomic E-state index is 13.5. The van der Waals surface area contributed by atoms with Gasteiger partial charge in [0.1, 0.15) is 11.8 Å². The topological polar surface area (TPSA) is 89.1 Å². The Balaban J connectivity index is 1.25. The van der Waals surface area contributed by atoms with Gasteiger partial charge in [0.15, 0.2) is 11.5 Å². The van der Waals surface area contributed by atoms with E-state index in [2.05, 4.69) is 15.5 Å². The molecule has 2 aliphatic heterocycles. The Morgan fingerprint density at radius 1 is 0.889 bits per heavy atom. The summed E-state index contributed by atoms with van der Waals surface area (Å²) in [6.07, 6.45) is 1.32. The van der Waals surface area contributed by atoms with Crippen molar-refractivity contribution in [1.29, 1.82) is 0 Å². The van der Waals surface area contributed by atoms with Crippen molar-refractivity contribution in [1.82, 2.24) is 4.90 Å². The van der Waals surface area contributed by atoms with Crippen LogP contribution in [0.3, 0.4) is 0 Å². The predicted molar refractivity (Wildman–Crippen MR) is 136 cm³/mol. The summed E-state index contributed by atoms with van der Waals surface area (Å²) in [4.78, 5) is 28.6. The van der Waals surface area contributed by atoms with Crippen molar-refractivity contribution in [3.8, 4) is 17.2 Å². The van der Waals surface area contributed by atoms with Gasteiger partial charge in [-0.2, -0.15) is 0 Å². The second-order valence-electron chi connectivity index (χ2n) is 8.90. The van der Waals surface area contributed by atoms with Gasteiger partial charge in [0.25, 0.3) is 0 Å². The molecule has 1 saturated heterocycles. The Morgan fingerprint density at radius 3 is 2.42 bits per heavy atom. The van der Waals surface area contributed by atoms with Gasteiger partial charge in [-0.25, -0.2) is 0 Å². The Bertz CT molecular complexity index is 1220. The van der Waals surface area contributed by atoms with Crippen molar-refractivity contribution < 1.29 is 23.8 Å². The average molecular weight is 488 g/mol. The fraction of sp³-hybridized carbons (Fsp3) is 0.286. The molecule has 2 amide bonds. The first-order valence-electron chi connectivity index (χ1n) is 12.0. The molecule has 186 valence electrons. The van der Waals surface area contributed by atoms with Crippen LogP contribution in [0.1, 0.15) is 24.4 Å². The number of fused-ring (bicyclic) bond motifs is 1. The van der Waals surface area contributed by atoms with Crippen LogP contribution in [-0.2, 0) is 9.59 Å². The van der Waals surface area contributed by atoms with Crippen LogP contribution < -0.4 is 24.8 Å². The number of rotatable bonds is 7. The largest absolute Gasteiger partial charge is 0.497 e. The molecule has 3 aromatic rings. The van der Waals surface area contributed by atoms with Gasteiger partial charge in [-0.15, -0.1) is 0 Å². The van der Waals surface area contributed by atoms with Crippen LogP contribution in [0.2, 0.25) is 0 Å². The van der Waals surface area contributed by atoms with Gasteiger partial charge in [-0.1, -0.05) is 36.4 Å². The molecule has 0 radical (unpaired) electrons. The van der Waals surface area contributed by atoms with Gasteiger partial charge in [0.2, 0.25) is 18.6 Å². The van der Waals surface area contributed by atoms with E-state index in [0.29, 0.717) is 54.6 Å². The third-order valence-corrected chi connectivity index (χ3v) is 6.61. The second-order valence-corrected chi connectivity index (χ2v) is 8.90. The third-order valence-electron chi connectivity index (χ3n) is 6.61. The molecule has 5 rings (SSSR count). The van der Waals surface area contributed by atoms with E-state index in [9.17, 15) is 9.59 Å². The molecule has 2 aliphatic rings. The monoisotopic (exact) mass is 487 g/mol. The highest BCUT2D eigenvalue weighted by Crippen LogP contribution is 2.35. The number of likely N-dealkylation sites (tertiary alicyclic amines) is 1. The number of anilines is 2. The molecule has 0 bridgehead atoms. The van der Waals surface area contributed by atoms with Gasteiger partial charge in [-0.3, -0.25) is 14.5 Å². The first kappa shape index (κ1) is 23.7. The van der Waals surface area contributed by atoms with E-state index in [-0.39, 0.29) is 24.5 Å². The fourth-order valence-corrected chi connectivity index (χ4v) is 4.71. The number of piperidine rings is 1. The number of carbonyl (C=O) groups is 2. The van der Waals surface area contributed by atoms with Crippen LogP contribution in [0.25, 0.3) is 0 Å². The van der Waals surface area contributed by atoms with Crippen molar-refractivity contribution in [2.75, 3.05) is 37.6 Å². The molecular formula is C28H29N3O5. The third kappa shape index (κ3) is 5.28. The highest BCUT2D eigenvalue weighted by molar-refractivity contribution is 5.96. The number of carbonyl (C=O) groups excluding carboxylic acids is 2. The molecule has 1 fully saturated rings. The Labute approximate surface area is 210 Å². The summed E-state index contributed by atoms with van der Waals surface area (Å²) in [7, 11) is 1.60.